The first-order chi connectivity index (χ1) is 10.6. The summed E-state index contributed by atoms with van der Waals surface area (Å²) < 4.78 is 0. The number of allylic oxidation sites excluding steroid dienone is 1. The Kier molecular flexibility index (Phi) is 4.45. The van der Waals surface area contributed by atoms with Crippen LogP contribution in [0.4, 0.5) is 11.5 Å². The van der Waals surface area contributed by atoms with Crippen LogP contribution in [-0.4, -0.2) is 23.8 Å². The minimum atomic E-state index is 0.0959. The molecule has 6 nitrogen and oxygen atoms in total. The van der Waals surface area contributed by atoms with E-state index in [1.54, 1.807) is 6.08 Å². The van der Waals surface area contributed by atoms with E-state index in [0.29, 0.717) is 11.3 Å². The Labute approximate surface area is 129 Å². The molecule has 0 amide bonds. The highest BCUT2D eigenvalue weighted by molar-refractivity contribution is 5.91. The second-order valence-electron chi connectivity index (χ2n) is 4.75. The van der Waals surface area contributed by atoms with Crippen LogP contribution in [0.15, 0.2) is 24.3 Å². The van der Waals surface area contributed by atoms with Gasteiger partial charge in [0.2, 0.25) is 0 Å². The van der Waals surface area contributed by atoms with Gasteiger partial charge in [-0.05, 0) is 30.7 Å². The molecule has 2 rings (SSSR count). The summed E-state index contributed by atoms with van der Waals surface area (Å²) in [5.41, 5.74) is 8.41. The minimum absolute atomic E-state index is 0.0959. The number of hydrogen-bond acceptors (Lipinski definition) is 5. The van der Waals surface area contributed by atoms with E-state index >= 15 is 0 Å². The molecular weight excluding hydrogens is 276 g/mol. The lowest BCUT2D eigenvalue weighted by Gasteiger charge is -2.16. The normalized spacial score (nSPS) is 10.8. The lowest BCUT2D eigenvalue weighted by Crippen LogP contribution is -2.15. The Hall–Kier alpha value is -3.25. The number of hydrogen-bond donors (Lipinski definition) is 2. The Balaban J connectivity index is 2.38. The van der Waals surface area contributed by atoms with Gasteiger partial charge in [-0.1, -0.05) is 12.1 Å². The van der Waals surface area contributed by atoms with Crippen molar-refractivity contribution in [3.8, 4) is 12.1 Å². The second-order valence-corrected chi connectivity index (χ2v) is 4.75. The average Bonchev–Trinajstić information content (AvgIpc) is 2.93. The molecule has 0 bridgehead atoms. The van der Waals surface area contributed by atoms with Crippen LogP contribution in [0.1, 0.15) is 23.7 Å². The molecule has 0 atom stereocenters. The summed E-state index contributed by atoms with van der Waals surface area (Å²) in [5.74, 6) is 0.0959. The van der Waals surface area contributed by atoms with Gasteiger partial charge in [-0.25, -0.2) is 0 Å². The van der Waals surface area contributed by atoms with Crippen molar-refractivity contribution in [2.75, 3.05) is 24.2 Å². The molecule has 0 saturated heterocycles. The maximum Gasteiger partial charge on any atom is 0.163 e. The number of nitrogens with zero attached hydrogens (tertiary/aromatic N) is 4. The molecule has 0 radical (unpaired) electrons. The molecule has 6 heteroatoms. The fraction of sp³-hybridized carbons (Fsp3) is 0.188. The van der Waals surface area contributed by atoms with Crippen molar-refractivity contribution in [1.29, 1.82) is 10.5 Å². The predicted molar refractivity (Wildman–Crippen MR) is 86.6 cm³/mol. The van der Waals surface area contributed by atoms with Crippen LogP contribution in [0.5, 0.6) is 0 Å². The van der Waals surface area contributed by atoms with Crippen LogP contribution in [0.25, 0.3) is 11.6 Å². The van der Waals surface area contributed by atoms with Crippen molar-refractivity contribution in [3.05, 3.63) is 41.1 Å². The molecule has 0 aliphatic rings. The molecule has 0 saturated carbocycles. The Morgan fingerprint density at radius 2 is 2.05 bits per heavy atom. The van der Waals surface area contributed by atoms with Crippen molar-refractivity contribution in [1.82, 2.24) is 10.2 Å². The number of benzene rings is 1. The predicted octanol–water partition coefficient (Wildman–Crippen LogP) is 2.38. The van der Waals surface area contributed by atoms with Crippen molar-refractivity contribution in [2.24, 2.45) is 0 Å². The number of H-pyrrole nitrogens is 1. The molecule has 1 heterocycles. The molecule has 1 aromatic heterocycles. The summed E-state index contributed by atoms with van der Waals surface area (Å²) >= 11 is 0. The number of aromatic nitrogens is 2. The zero-order chi connectivity index (χ0) is 16.1. The molecular formula is C16H16N6. The van der Waals surface area contributed by atoms with Gasteiger partial charge in [-0.3, -0.25) is 5.10 Å². The minimum Gasteiger partial charge on any atom is -0.381 e. The first-order valence-corrected chi connectivity index (χ1v) is 6.78. The summed E-state index contributed by atoms with van der Waals surface area (Å²) in [5, 5.41) is 24.8. The molecule has 0 fully saturated rings. The zero-order valence-electron chi connectivity index (χ0n) is 12.5. The first-order valence-electron chi connectivity index (χ1n) is 6.78. The SMILES string of the molecule is CCN(C)c1ccc(/C=C(\C#N)c2[nH]nc(N)c2C#N)cc1. The molecule has 0 unspecified atom stereocenters. The molecule has 0 aliphatic carbocycles. The monoisotopic (exact) mass is 292 g/mol. The Morgan fingerprint density at radius 1 is 1.36 bits per heavy atom. The zero-order valence-corrected chi connectivity index (χ0v) is 12.5. The van der Waals surface area contributed by atoms with Gasteiger partial charge >= 0.3 is 0 Å². The standard InChI is InChI=1S/C16H16N6/c1-3-22(2)13-6-4-11(5-7-13)8-12(9-17)15-14(10-18)16(19)21-20-15/h4-8H,3H2,1-2H3,(H3,19,20,21)/b12-8+. The highest BCUT2D eigenvalue weighted by atomic mass is 15.2. The van der Waals surface area contributed by atoms with E-state index in [-0.39, 0.29) is 11.4 Å². The van der Waals surface area contributed by atoms with Crippen LogP contribution < -0.4 is 10.6 Å². The van der Waals surface area contributed by atoms with E-state index in [1.165, 1.54) is 0 Å². The molecule has 0 spiro atoms. The summed E-state index contributed by atoms with van der Waals surface area (Å²) in [6.45, 7) is 2.99. The van der Waals surface area contributed by atoms with Crippen molar-refractivity contribution in [2.45, 2.75) is 6.92 Å². The number of aromatic amines is 1. The van der Waals surface area contributed by atoms with E-state index < -0.39 is 0 Å². The van der Waals surface area contributed by atoms with Crippen LogP contribution in [0.2, 0.25) is 0 Å². The van der Waals surface area contributed by atoms with Gasteiger partial charge in [0.15, 0.2) is 5.82 Å². The van der Waals surface area contributed by atoms with Crippen molar-refractivity contribution >= 4 is 23.2 Å². The van der Waals surface area contributed by atoms with Crippen LogP contribution in [0, 0.1) is 22.7 Å². The van der Waals surface area contributed by atoms with Gasteiger partial charge in [-0.2, -0.15) is 15.6 Å². The number of nitriles is 2. The Bertz CT molecular complexity index is 770. The average molecular weight is 292 g/mol. The fourth-order valence-electron chi connectivity index (χ4n) is 2.00. The topological polar surface area (TPSA) is 106 Å². The van der Waals surface area contributed by atoms with E-state index in [1.807, 2.05) is 37.4 Å². The van der Waals surface area contributed by atoms with Crippen LogP contribution >= 0.6 is 0 Å². The van der Waals surface area contributed by atoms with Crippen LogP contribution in [-0.2, 0) is 0 Å². The third-order valence-electron chi connectivity index (χ3n) is 3.42. The molecule has 0 aliphatic heterocycles. The molecule has 1 aromatic carbocycles. The maximum atomic E-state index is 9.33. The maximum absolute atomic E-state index is 9.33. The van der Waals surface area contributed by atoms with Gasteiger partial charge < -0.3 is 10.6 Å². The van der Waals surface area contributed by atoms with Crippen molar-refractivity contribution in [3.63, 3.8) is 0 Å². The third kappa shape index (κ3) is 2.92. The number of rotatable bonds is 4. The quantitative estimate of drug-likeness (QED) is 0.842. The fourth-order valence-corrected chi connectivity index (χ4v) is 2.00. The molecule has 110 valence electrons. The molecule has 2 aromatic rings. The van der Waals surface area contributed by atoms with Gasteiger partial charge in [0.25, 0.3) is 0 Å². The highest BCUT2D eigenvalue weighted by Crippen LogP contribution is 2.23. The summed E-state index contributed by atoms with van der Waals surface area (Å²) in [6, 6.07) is 11.8. The summed E-state index contributed by atoms with van der Waals surface area (Å²) in [6.07, 6.45) is 1.70. The van der Waals surface area contributed by atoms with E-state index in [0.717, 1.165) is 17.8 Å². The van der Waals surface area contributed by atoms with Crippen LogP contribution in [0.3, 0.4) is 0 Å². The highest BCUT2D eigenvalue weighted by Gasteiger charge is 2.14. The number of nitrogen functional groups attached to an aromatic ring is 1. The van der Waals surface area contributed by atoms with Crippen molar-refractivity contribution < 1.29 is 0 Å². The lowest BCUT2D eigenvalue weighted by atomic mass is 10.1. The Morgan fingerprint density at radius 3 is 2.59 bits per heavy atom. The second kappa shape index (κ2) is 6.47. The lowest BCUT2D eigenvalue weighted by molar-refractivity contribution is 0.968. The smallest absolute Gasteiger partial charge is 0.163 e. The van der Waals surface area contributed by atoms with Gasteiger partial charge in [0.05, 0.1) is 11.3 Å². The third-order valence-corrected chi connectivity index (χ3v) is 3.42. The van der Waals surface area contributed by atoms with Gasteiger partial charge in [-0.15, -0.1) is 0 Å². The number of nitrogens with one attached hydrogen (secondary N) is 1. The van der Waals surface area contributed by atoms with E-state index in [4.69, 9.17) is 11.0 Å². The summed E-state index contributed by atoms with van der Waals surface area (Å²) in [7, 11) is 2.01. The van der Waals surface area contributed by atoms with E-state index in [9.17, 15) is 5.26 Å². The number of nitrogens with two attached hydrogens (primary N) is 1. The van der Waals surface area contributed by atoms with Gasteiger partial charge in [0, 0.05) is 19.3 Å². The largest absolute Gasteiger partial charge is 0.381 e. The first kappa shape index (κ1) is 15.1. The van der Waals surface area contributed by atoms with E-state index in [2.05, 4.69) is 28.1 Å². The molecule has 3 N–H and O–H groups in total. The van der Waals surface area contributed by atoms with Gasteiger partial charge in [0.1, 0.15) is 17.7 Å². The summed E-state index contributed by atoms with van der Waals surface area (Å²) in [4.78, 5) is 2.11. The number of anilines is 2. The molecule has 22 heavy (non-hydrogen) atoms.